The maximum absolute atomic E-state index is 12.1. The number of imidazole rings is 1. The summed E-state index contributed by atoms with van der Waals surface area (Å²) in [4.78, 5) is 16.7. The first-order valence-electron chi connectivity index (χ1n) is 7.10. The van der Waals surface area contributed by atoms with Crippen LogP contribution in [-0.4, -0.2) is 29.1 Å². The van der Waals surface area contributed by atoms with Gasteiger partial charge in [0.05, 0.1) is 17.5 Å². The maximum Gasteiger partial charge on any atom is 0.140 e. The fourth-order valence-corrected chi connectivity index (χ4v) is 2.59. The highest BCUT2D eigenvalue weighted by Gasteiger charge is 2.15. The van der Waals surface area contributed by atoms with Crippen molar-refractivity contribution in [2.45, 2.75) is 33.2 Å². The summed E-state index contributed by atoms with van der Waals surface area (Å²) in [6, 6.07) is 8.01. The lowest BCUT2D eigenvalue weighted by molar-refractivity contribution is -0.119. The average molecular weight is 274 g/mol. The largest absolute Gasteiger partial charge is 0.384 e. The summed E-state index contributed by atoms with van der Waals surface area (Å²) in [5.74, 6) is 1.34. The van der Waals surface area contributed by atoms with Crippen LogP contribution in [-0.2, 0) is 22.5 Å². The molecule has 0 spiro atoms. The van der Waals surface area contributed by atoms with E-state index in [1.54, 1.807) is 7.11 Å². The van der Waals surface area contributed by atoms with E-state index < -0.39 is 0 Å². The van der Waals surface area contributed by atoms with Gasteiger partial charge in [0.2, 0.25) is 0 Å². The van der Waals surface area contributed by atoms with Gasteiger partial charge in [0, 0.05) is 26.7 Å². The number of hydrogen-bond acceptors (Lipinski definition) is 3. The number of nitrogens with zero attached hydrogens (tertiary/aromatic N) is 2. The molecule has 20 heavy (non-hydrogen) atoms. The van der Waals surface area contributed by atoms with Crippen molar-refractivity contribution in [1.29, 1.82) is 0 Å². The first-order chi connectivity index (χ1) is 9.65. The molecule has 0 fully saturated rings. The van der Waals surface area contributed by atoms with Crippen LogP contribution in [0.1, 0.15) is 26.1 Å². The molecule has 1 aromatic carbocycles. The van der Waals surface area contributed by atoms with Crippen LogP contribution in [0, 0.1) is 5.92 Å². The van der Waals surface area contributed by atoms with Crippen molar-refractivity contribution in [2.24, 2.45) is 5.92 Å². The number of ether oxygens (including phenoxy) is 1. The number of aromatic nitrogens is 2. The Morgan fingerprint density at radius 2 is 2.15 bits per heavy atom. The third kappa shape index (κ3) is 3.25. The molecule has 1 aromatic heterocycles. The van der Waals surface area contributed by atoms with Crippen molar-refractivity contribution in [2.75, 3.05) is 13.7 Å². The fraction of sp³-hybridized carbons (Fsp3) is 0.500. The van der Waals surface area contributed by atoms with Crippen LogP contribution < -0.4 is 0 Å². The molecule has 0 aliphatic heterocycles. The highest BCUT2D eigenvalue weighted by Crippen LogP contribution is 2.17. The predicted octanol–water partition coefficient (Wildman–Crippen LogP) is 2.84. The lowest BCUT2D eigenvalue weighted by Crippen LogP contribution is -2.15. The van der Waals surface area contributed by atoms with Gasteiger partial charge in [-0.3, -0.25) is 4.79 Å². The number of Topliss-reactive ketones (excluding diaryl/α,β-unsaturated/α-hetero) is 1. The molecule has 108 valence electrons. The van der Waals surface area contributed by atoms with Crippen molar-refractivity contribution in [3.05, 3.63) is 30.1 Å². The van der Waals surface area contributed by atoms with E-state index in [0.717, 1.165) is 23.4 Å². The highest BCUT2D eigenvalue weighted by molar-refractivity contribution is 5.82. The van der Waals surface area contributed by atoms with Gasteiger partial charge in [0.1, 0.15) is 11.6 Å². The zero-order chi connectivity index (χ0) is 14.5. The molecule has 0 amide bonds. The van der Waals surface area contributed by atoms with Crippen LogP contribution >= 0.6 is 0 Å². The quantitative estimate of drug-likeness (QED) is 0.780. The van der Waals surface area contributed by atoms with Crippen molar-refractivity contribution in [1.82, 2.24) is 9.55 Å². The third-order valence-corrected chi connectivity index (χ3v) is 3.43. The lowest BCUT2D eigenvalue weighted by Gasteiger charge is -2.09. The lowest BCUT2D eigenvalue weighted by atomic mass is 10.0. The number of ketones is 1. The van der Waals surface area contributed by atoms with Gasteiger partial charge >= 0.3 is 0 Å². The van der Waals surface area contributed by atoms with Gasteiger partial charge in [-0.15, -0.1) is 0 Å². The molecule has 0 aliphatic carbocycles. The van der Waals surface area contributed by atoms with Crippen LogP contribution in [0.4, 0.5) is 0 Å². The topological polar surface area (TPSA) is 44.1 Å². The van der Waals surface area contributed by atoms with Crippen LogP contribution in [0.2, 0.25) is 0 Å². The van der Waals surface area contributed by atoms with Crippen LogP contribution in [0.5, 0.6) is 0 Å². The van der Waals surface area contributed by atoms with E-state index in [2.05, 4.69) is 16.5 Å². The molecule has 4 nitrogen and oxygen atoms in total. The van der Waals surface area contributed by atoms with Crippen molar-refractivity contribution < 1.29 is 9.53 Å². The molecular formula is C16H22N2O2. The van der Waals surface area contributed by atoms with Gasteiger partial charge in [0.15, 0.2) is 0 Å². The smallest absolute Gasteiger partial charge is 0.140 e. The zero-order valence-corrected chi connectivity index (χ0v) is 12.4. The first-order valence-corrected chi connectivity index (χ1v) is 7.10. The molecule has 0 saturated carbocycles. The van der Waals surface area contributed by atoms with Crippen molar-refractivity contribution in [3.8, 4) is 0 Å². The van der Waals surface area contributed by atoms with Crippen LogP contribution in [0.3, 0.4) is 0 Å². The number of rotatable bonds is 7. The molecule has 2 rings (SSSR count). The fourth-order valence-electron chi connectivity index (χ4n) is 2.59. The minimum atomic E-state index is 0.222. The minimum absolute atomic E-state index is 0.222. The number of carbonyl (C=O) groups is 1. The Hall–Kier alpha value is -1.68. The second-order valence-electron chi connectivity index (χ2n) is 5.24. The second-order valence-corrected chi connectivity index (χ2v) is 5.24. The molecule has 1 unspecified atom stereocenters. The number of carbonyl (C=O) groups excluding carboxylic acids is 1. The molecule has 2 aromatic rings. The SMILES string of the molecule is CCn1c(CC(=O)CC(C)COC)nc2ccccc21. The van der Waals surface area contributed by atoms with Crippen molar-refractivity contribution in [3.63, 3.8) is 0 Å². The molecule has 0 saturated heterocycles. The molecule has 1 heterocycles. The molecule has 0 radical (unpaired) electrons. The molecular weight excluding hydrogens is 252 g/mol. The summed E-state index contributed by atoms with van der Waals surface area (Å²) in [6.45, 7) is 5.56. The number of para-hydroxylation sites is 2. The molecule has 4 heteroatoms. The Balaban J connectivity index is 2.15. The molecule has 0 N–H and O–H groups in total. The summed E-state index contributed by atoms with van der Waals surface area (Å²) < 4.78 is 7.19. The van der Waals surface area contributed by atoms with Crippen LogP contribution in [0.15, 0.2) is 24.3 Å². The van der Waals surface area contributed by atoms with Gasteiger partial charge in [-0.25, -0.2) is 4.98 Å². The van der Waals surface area contributed by atoms with E-state index in [4.69, 9.17) is 4.74 Å². The Kier molecular flexibility index (Phi) is 4.90. The summed E-state index contributed by atoms with van der Waals surface area (Å²) in [6.07, 6.45) is 0.942. The Morgan fingerprint density at radius 3 is 2.85 bits per heavy atom. The number of methoxy groups -OCH3 is 1. The normalized spacial score (nSPS) is 12.8. The average Bonchev–Trinajstić information content (AvgIpc) is 2.75. The number of aryl methyl sites for hydroxylation is 1. The monoisotopic (exact) mass is 274 g/mol. The van der Waals surface area contributed by atoms with Gasteiger partial charge in [-0.1, -0.05) is 19.1 Å². The standard InChI is InChI=1S/C16H22N2O2/c1-4-18-15-8-6-5-7-14(15)17-16(18)10-13(19)9-12(2)11-20-3/h5-8,12H,4,9-11H2,1-3H3. The summed E-state index contributed by atoms with van der Waals surface area (Å²) in [5.41, 5.74) is 2.06. The molecule has 1 atom stereocenters. The maximum atomic E-state index is 12.1. The highest BCUT2D eigenvalue weighted by atomic mass is 16.5. The number of fused-ring (bicyclic) bond motifs is 1. The minimum Gasteiger partial charge on any atom is -0.384 e. The third-order valence-electron chi connectivity index (χ3n) is 3.43. The molecule has 0 bridgehead atoms. The van der Waals surface area contributed by atoms with E-state index in [1.807, 2.05) is 31.2 Å². The number of hydrogen-bond donors (Lipinski definition) is 0. The Bertz CT molecular complexity index is 589. The van der Waals surface area contributed by atoms with E-state index in [1.165, 1.54) is 0 Å². The van der Waals surface area contributed by atoms with Gasteiger partial charge in [-0.2, -0.15) is 0 Å². The van der Waals surface area contributed by atoms with Gasteiger partial charge < -0.3 is 9.30 Å². The van der Waals surface area contributed by atoms with Gasteiger partial charge in [-0.05, 0) is 25.0 Å². The van der Waals surface area contributed by atoms with E-state index in [-0.39, 0.29) is 11.7 Å². The second kappa shape index (κ2) is 6.66. The zero-order valence-electron chi connectivity index (χ0n) is 12.4. The van der Waals surface area contributed by atoms with E-state index in [0.29, 0.717) is 19.4 Å². The Labute approximate surface area is 119 Å². The molecule has 0 aliphatic rings. The predicted molar refractivity (Wildman–Crippen MR) is 79.8 cm³/mol. The van der Waals surface area contributed by atoms with Crippen LogP contribution in [0.25, 0.3) is 11.0 Å². The summed E-state index contributed by atoms with van der Waals surface area (Å²) >= 11 is 0. The summed E-state index contributed by atoms with van der Waals surface area (Å²) in [5, 5.41) is 0. The van der Waals surface area contributed by atoms with E-state index >= 15 is 0 Å². The Morgan fingerprint density at radius 1 is 1.40 bits per heavy atom. The van der Waals surface area contributed by atoms with E-state index in [9.17, 15) is 4.79 Å². The van der Waals surface area contributed by atoms with Gasteiger partial charge in [0.25, 0.3) is 0 Å². The summed E-state index contributed by atoms with van der Waals surface area (Å²) in [7, 11) is 1.66. The first kappa shape index (κ1) is 14.7. The number of benzene rings is 1. The van der Waals surface area contributed by atoms with Crippen molar-refractivity contribution >= 4 is 16.8 Å².